The lowest BCUT2D eigenvalue weighted by molar-refractivity contribution is 0.209. The molecule has 0 bridgehead atoms. The molecule has 0 aliphatic heterocycles. The van der Waals surface area contributed by atoms with Gasteiger partial charge in [0.05, 0.1) is 0 Å². The number of halogens is 1. The molecule has 0 fully saturated rings. The lowest BCUT2D eigenvalue weighted by Gasteiger charge is -2.20. The molecule has 0 aromatic heterocycles. The zero-order chi connectivity index (χ0) is 13.5. The average molecular weight is 270 g/mol. The maximum atomic E-state index is 5.98. The largest absolute Gasteiger partial charge is 0.489 e. The number of rotatable bonds is 7. The molecule has 1 unspecified atom stereocenters. The predicted molar refractivity (Wildman–Crippen MR) is 78.7 cm³/mol. The highest BCUT2D eigenvalue weighted by Gasteiger charge is 2.09. The van der Waals surface area contributed by atoms with Gasteiger partial charge < -0.3 is 10.1 Å². The SMILES string of the molecule is CCC(CC)NCC(C)Oc1cc(Cl)ccc1C. The lowest BCUT2D eigenvalue weighted by Crippen LogP contribution is -2.36. The van der Waals surface area contributed by atoms with Crippen LogP contribution in [0.25, 0.3) is 0 Å². The highest BCUT2D eigenvalue weighted by molar-refractivity contribution is 6.30. The summed E-state index contributed by atoms with van der Waals surface area (Å²) in [6.07, 6.45) is 2.45. The smallest absolute Gasteiger partial charge is 0.124 e. The van der Waals surface area contributed by atoms with Crippen molar-refractivity contribution in [2.45, 2.75) is 52.7 Å². The van der Waals surface area contributed by atoms with Crippen molar-refractivity contribution in [2.24, 2.45) is 0 Å². The summed E-state index contributed by atoms with van der Waals surface area (Å²) >= 11 is 5.98. The van der Waals surface area contributed by atoms with Crippen LogP contribution in [0.1, 0.15) is 39.2 Å². The number of benzene rings is 1. The second-order valence-electron chi connectivity index (χ2n) is 4.76. The zero-order valence-electron chi connectivity index (χ0n) is 11.8. The van der Waals surface area contributed by atoms with E-state index in [1.807, 2.05) is 25.1 Å². The van der Waals surface area contributed by atoms with E-state index in [-0.39, 0.29) is 6.10 Å². The Morgan fingerprint density at radius 2 is 1.94 bits per heavy atom. The van der Waals surface area contributed by atoms with Gasteiger partial charge in [-0.25, -0.2) is 0 Å². The molecule has 1 rings (SSSR count). The molecule has 2 nitrogen and oxygen atoms in total. The van der Waals surface area contributed by atoms with Crippen molar-refractivity contribution in [3.8, 4) is 5.75 Å². The van der Waals surface area contributed by atoms with Gasteiger partial charge >= 0.3 is 0 Å². The van der Waals surface area contributed by atoms with Crippen LogP contribution in [0.5, 0.6) is 5.75 Å². The van der Waals surface area contributed by atoms with Gasteiger partial charge in [-0.1, -0.05) is 31.5 Å². The van der Waals surface area contributed by atoms with Crippen LogP contribution in [-0.2, 0) is 0 Å². The molecule has 3 heteroatoms. The van der Waals surface area contributed by atoms with Crippen molar-refractivity contribution >= 4 is 11.6 Å². The van der Waals surface area contributed by atoms with E-state index in [1.165, 1.54) is 0 Å². The molecule has 0 saturated heterocycles. The van der Waals surface area contributed by atoms with Gasteiger partial charge in [0.25, 0.3) is 0 Å². The molecule has 0 saturated carbocycles. The third-order valence-electron chi connectivity index (χ3n) is 3.16. The van der Waals surface area contributed by atoms with Crippen LogP contribution in [0.4, 0.5) is 0 Å². The zero-order valence-corrected chi connectivity index (χ0v) is 12.6. The van der Waals surface area contributed by atoms with Crippen molar-refractivity contribution < 1.29 is 4.74 Å². The Morgan fingerprint density at radius 3 is 2.56 bits per heavy atom. The van der Waals surface area contributed by atoms with E-state index in [9.17, 15) is 0 Å². The standard InChI is InChI=1S/C15H24ClNO/c1-5-14(6-2)17-10-12(4)18-15-9-13(16)8-7-11(15)3/h7-9,12,14,17H,5-6,10H2,1-4H3. The van der Waals surface area contributed by atoms with E-state index in [0.29, 0.717) is 6.04 Å². The monoisotopic (exact) mass is 269 g/mol. The molecule has 0 aliphatic rings. The quantitative estimate of drug-likeness (QED) is 0.801. The number of aryl methyl sites for hydroxylation is 1. The number of ether oxygens (including phenoxy) is 1. The first-order valence-corrected chi connectivity index (χ1v) is 7.10. The van der Waals surface area contributed by atoms with Crippen molar-refractivity contribution in [1.82, 2.24) is 5.32 Å². The third-order valence-corrected chi connectivity index (χ3v) is 3.39. The van der Waals surface area contributed by atoms with E-state index in [2.05, 4.69) is 26.1 Å². The summed E-state index contributed by atoms with van der Waals surface area (Å²) in [5.41, 5.74) is 1.12. The topological polar surface area (TPSA) is 21.3 Å². The summed E-state index contributed by atoms with van der Waals surface area (Å²) in [7, 11) is 0. The van der Waals surface area contributed by atoms with Crippen LogP contribution < -0.4 is 10.1 Å². The fourth-order valence-corrected chi connectivity index (χ4v) is 2.03. The van der Waals surface area contributed by atoms with Crippen molar-refractivity contribution in [3.63, 3.8) is 0 Å². The fraction of sp³-hybridized carbons (Fsp3) is 0.600. The van der Waals surface area contributed by atoms with Crippen LogP contribution in [0.2, 0.25) is 5.02 Å². The Bertz CT molecular complexity index is 364. The third kappa shape index (κ3) is 4.87. The minimum atomic E-state index is 0.141. The summed E-state index contributed by atoms with van der Waals surface area (Å²) < 4.78 is 5.92. The highest BCUT2D eigenvalue weighted by Crippen LogP contribution is 2.23. The molecule has 0 aliphatic carbocycles. The summed E-state index contributed by atoms with van der Waals surface area (Å²) in [5.74, 6) is 0.876. The van der Waals surface area contributed by atoms with E-state index in [1.54, 1.807) is 0 Å². The molecule has 102 valence electrons. The van der Waals surface area contributed by atoms with Gasteiger partial charge in [-0.05, 0) is 44.4 Å². The Hall–Kier alpha value is -0.730. The van der Waals surface area contributed by atoms with Gasteiger partial charge in [0.1, 0.15) is 11.9 Å². The molecule has 0 amide bonds. The van der Waals surface area contributed by atoms with Gasteiger partial charge in [-0.15, -0.1) is 0 Å². The van der Waals surface area contributed by atoms with E-state index < -0.39 is 0 Å². The van der Waals surface area contributed by atoms with Crippen LogP contribution in [-0.4, -0.2) is 18.7 Å². The second kappa shape index (κ2) is 7.65. The minimum Gasteiger partial charge on any atom is -0.489 e. The number of hydrogen-bond donors (Lipinski definition) is 1. The van der Waals surface area contributed by atoms with Crippen molar-refractivity contribution in [2.75, 3.05) is 6.54 Å². The van der Waals surface area contributed by atoms with E-state index in [0.717, 1.165) is 35.7 Å². The molecule has 1 atom stereocenters. The number of nitrogens with one attached hydrogen (secondary N) is 1. The second-order valence-corrected chi connectivity index (χ2v) is 5.20. The summed E-state index contributed by atoms with van der Waals surface area (Å²) in [5, 5.41) is 4.23. The summed E-state index contributed by atoms with van der Waals surface area (Å²) in [6, 6.07) is 6.33. The fourth-order valence-electron chi connectivity index (χ4n) is 1.87. The van der Waals surface area contributed by atoms with Gasteiger partial charge in [0.15, 0.2) is 0 Å². The highest BCUT2D eigenvalue weighted by atomic mass is 35.5. The molecule has 1 aromatic rings. The molecule has 0 heterocycles. The number of hydrogen-bond acceptors (Lipinski definition) is 2. The van der Waals surface area contributed by atoms with Gasteiger partial charge in [0, 0.05) is 17.6 Å². The van der Waals surface area contributed by atoms with Crippen molar-refractivity contribution in [3.05, 3.63) is 28.8 Å². The maximum absolute atomic E-state index is 5.98. The minimum absolute atomic E-state index is 0.141. The average Bonchev–Trinajstić information content (AvgIpc) is 2.35. The molecule has 18 heavy (non-hydrogen) atoms. The van der Waals surface area contributed by atoms with Crippen LogP contribution >= 0.6 is 11.6 Å². The molecular weight excluding hydrogens is 246 g/mol. The molecule has 0 radical (unpaired) electrons. The predicted octanol–water partition coefficient (Wildman–Crippen LogP) is 4.19. The van der Waals surface area contributed by atoms with E-state index in [4.69, 9.17) is 16.3 Å². The van der Waals surface area contributed by atoms with Crippen LogP contribution in [0.15, 0.2) is 18.2 Å². The Balaban J connectivity index is 2.48. The van der Waals surface area contributed by atoms with Crippen LogP contribution in [0, 0.1) is 6.92 Å². The first kappa shape index (κ1) is 15.3. The Labute approximate surface area is 116 Å². The Morgan fingerprint density at radius 1 is 1.28 bits per heavy atom. The van der Waals surface area contributed by atoms with Gasteiger partial charge in [0.2, 0.25) is 0 Å². The Kier molecular flexibility index (Phi) is 6.51. The van der Waals surface area contributed by atoms with Crippen molar-refractivity contribution in [1.29, 1.82) is 0 Å². The van der Waals surface area contributed by atoms with Crippen LogP contribution in [0.3, 0.4) is 0 Å². The summed E-state index contributed by atoms with van der Waals surface area (Å²) in [4.78, 5) is 0. The normalized spacial score (nSPS) is 12.8. The molecule has 0 spiro atoms. The molecular formula is C15H24ClNO. The molecule has 1 N–H and O–H groups in total. The maximum Gasteiger partial charge on any atom is 0.124 e. The summed E-state index contributed by atoms with van der Waals surface area (Å²) in [6.45, 7) is 9.38. The van der Waals surface area contributed by atoms with E-state index >= 15 is 0 Å². The van der Waals surface area contributed by atoms with Gasteiger partial charge in [-0.2, -0.15) is 0 Å². The molecule has 1 aromatic carbocycles. The lowest BCUT2D eigenvalue weighted by atomic mass is 10.1. The van der Waals surface area contributed by atoms with Gasteiger partial charge in [-0.3, -0.25) is 0 Å². The first-order valence-electron chi connectivity index (χ1n) is 6.73. The first-order chi connectivity index (χ1) is 8.56.